The lowest BCUT2D eigenvalue weighted by Gasteiger charge is -2.12. The van der Waals surface area contributed by atoms with E-state index in [1.54, 1.807) is 4.72 Å². The van der Waals surface area contributed by atoms with E-state index >= 15 is 0 Å². The molecular weight excluding hydrogens is 319 g/mol. The highest BCUT2D eigenvalue weighted by Gasteiger charge is 2.29. The van der Waals surface area contributed by atoms with Gasteiger partial charge in [0.05, 0.1) is 6.42 Å². The van der Waals surface area contributed by atoms with Crippen LogP contribution in [0, 0.1) is 11.6 Å². The summed E-state index contributed by atoms with van der Waals surface area (Å²) in [7, 11) is -3.09. The van der Waals surface area contributed by atoms with Crippen LogP contribution in [-0.4, -0.2) is 28.2 Å². The van der Waals surface area contributed by atoms with E-state index in [2.05, 4.69) is 5.32 Å². The summed E-state index contributed by atoms with van der Waals surface area (Å²) in [5, 5.41) is 2.46. The van der Waals surface area contributed by atoms with E-state index in [0.29, 0.717) is 6.07 Å². The average molecular weight is 332 g/mol. The number of nitrogens with one attached hydrogen (secondary N) is 2. The molecule has 1 rings (SSSR count). The second-order valence-corrected chi connectivity index (χ2v) is 5.87. The number of benzene rings is 1. The molecule has 0 fully saturated rings. The molecule has 0 heterocycles. The van der Waals surface area contributed by atoms with Gasteiger partial charge in [-0.25, -0.2) is 21.9 Å². The topological polar surface area (TPSA) is 58.2 Å². The van der Waals surface area contributed by atoms with Crippen molar-refractivity contribution in [2.24, 2.45) is 0 Å². The Morgan fingerprint density at radius 1 is 1.19 bits per heavy atom. The van der Waals surface area contributed by atoms with Crippen molar-refractivity contribution < 1.29 is 30.4 Å². The van der Waals surface area contributed by atoms with Gasteiger partial charge in [-0.15, -0.1) is 0 Å². The molecule has 0 radical (unpaired) electrons. The Balaban J connectivity index is 3.01. The summed E-state index contributed by atoms with van der Waals surface area (Å²) in [6, 6.07) is 1.41. The summed E-state index contributed by atoms with van der Waals surface area (Å²) in [4.78, 5) is -0.892. The highest BCUT2D eigenvalue weighted by Crippen LogP contribution is 2.22. The van der Waals surface area contributed by atoms with Crippen LogP contribution in [0.25, 0.3) is 0 Å². The van der Waals surface area contributed by atoms with Crippen molar-refractivity contribution in [1.82, 2.24) is 10.0 Å². The predicted molar refractivity (Wildman–Crippen MR) is 65.0 cm³/mol. The number of hydrogen-bond acceptors (Lipinski definition) is 3. The van der Waals surface area contributed by atoms with Crippen molar-refractivity contribution >= 4 is 10.0 Å². The molecule has 1 aromatic rings. The predicted octanol–water partition coefficient (Wildman–Crippen LogP) is 1.91. The monoisotopic (exact) mass is 332 g/mol. The molecule has 2 N–H and O–H groups in total. The van der Waals surface area contributed by atoms with Gasteiger partial charge in [0.25, 0.3) is 0 Å². The molecular formula is C11H13F5N2O2S. The molecule has 0 bridgehead atoms. The fourth-order valence-electron chi connectivity index (χ4n) is 1.53. The molecule has 10 heteroatoms. The minimum Gasteiger partial charge on any atom is -0.315 e. The maximum absolute atomic E-state index is 14.0. The van der Waals surface area contributed by atoms with Crippen molar-refractivity contribution in [3.8, 4) is 0 Å². The Hall–Kier alpha value is -1.26. The average Bonchev–Trinajstić information content (AvgIpc) is 2.32. The Labute approximate surface area is 118 Å². The van der Waals surface area contributed by atoms with E-state index < -0.39 is 51.3 Å². The molecule has 0 aromatic heterocycles. The van der Waals surface area contributed by atoms with Crippen molar-refractivity contribution in [3.05, 3.63) is 29.3 Å². The van der Waals surface area contributed by atoms with Gasteiger partial charge < -0.3 is 5.32 Å². The first-order valence-electron chi connectivity index (χ1n) is 5.76. The summed E-state index contributed by atoms with van der Waals surface area (Å²) in [5.74, 6) is -2.28. The Kier molecular flexibility index (Phi) is 5.65. The standard InChI is InChI=1S/C11H13F5N2O2S/c1-17-6-7-8(12)2-3-9(10(7)13)21(19,20)18-5-4-11(14,15)16/h2-3,17-18H,4-6H2,1H3. The summed E-state index contributed by atoms with van der Waals surface area (Å²) < 4.78 is 88.3. The SMILES string of the molecule is CNCc1c(F)ccc(S(=O)(=O)NCCC(F)(F)F)c1F. The molecule has 0 spiro atoms. The summed E-state index contributed by atoms with van der Waals surface area (Å²) in [5.41, 5.74) is -0.504. The Bertz CT molecular complexity index is 601. The molecule has 0 aliphatic rings. The molecule has 0 atom stereocenters. The van der Waals surface area contributed by atoms with E-state index in [1.165, 1.54) is 7.05 Å². The molecule has 21 heavy (non-hydrogen) atoms. The maximum atomic E-state index is 14.0. The van der Waals surface area contributed by atoms with Crippen LogP contribution in [0.2, 0.25) is 0 Å². The van der Waals surface area contributed by atoms with Crippen LogP contribution in [-0.2, 0) is 16.6 Å². The first-order valence-corrected chi connectivity index (χ1v) is 7.24. The molecule has 4 nitrogen and oxygen atoms in total. The zero-order valence-corrected chi connectivity index (χ0v) is 11.7. The van der Waals surface area contributed by atoms with Crippen LogP contribution in [0.4, 0.5) is 22.0 Å². The fraction of sp³-hybridized carbons (Fsp3) is 0.455. The smallest absolute Gasteiger partial charge is 0.315 e. The number of rotatable bonds is 6. The summed E-state index contributed by atoms with van der Waals surface area (Å²) in [6.45, 7) is -1.19. The van der Waals surface area contributed by atoms with Gasteiger partial charge in [0.15, 0.2) is 5.82 Å². The molecule has 1 aromatic carbocycles. The molecule has 120 valence electrons. The van der Waals surface area contributed by atoms with Gasteiger partial charge in [-0.3, -0.25) is 0 Å². The van der Waals surface area contributed by atoms with Crippen LogP contribution in [0.5, 0.6) is 0 Å². The third-order valence-corrected chi connectivity index (χ3v) is 3.97. The van der Waals surface area contributed by atoms with Gasteiger partial charge in [-0.05, 0) is 19.2 Å². The molecule has 0 aliphatic heterocycles. The van der Waals surface area contributed by atoms with Crippen LogP contribution in [0.15, 0.2) is 17.0 Å². The van der Waals surface area contributed by atoms with Gasteiger partial charge in [-0.2, -0.15) is 13.2 Å². The minimum atomic E-state index is -4.54. The van der Waals surface area contributed by atoms with Crippen LogP contribution in [0.1, 0.15) is 12.0 Å². The summed E-state index contributed by atoms with van der Waals surface area (Å²) in [6.07, 6.45) is -5.93. The highest BCUT2D eigenvalue weighted by molar-refractivity contribution is 7.89. The van der Waals surface area contributed by atoms with E-state index in [1.807, 2.05) is 0 Å². The second kappa shape index (κ2) is 6.67. The summed E-state index contributed by atoms with van der Waals surface area (Å²) >= 11 is 0. The zero-order chi connectivity index (χ0) is 16.3. The first kappa shape index (κ1) is 17.8. The third-order valence-electron chi connectivity index (χ3n) is 2.49. The van der Waals surface area contributed by atoms with Gasteiger partial charge in [0.2, 0.25) is 10.0 Å². The van der Waals surface area contributed by atoms with Crippen molar-refractivity contribution in [1.29, 1.82) is 0 Å². The second-order valence-electron chi connectivity index (χ2n) is 4.13. The van der Waals surface area contributed by atoms with Gasteiger partial charge in [0.1, 0.15) is 10.7 Å². The molecule has 0 amide bonds. The normalized spacial score (nSPS) is 12.7. The van der Waals surface area contributed by atoms with Gasteiger partial charge >= 0.3 is 6.18 Å². The number of hydrogen-bond donors (Lipinski definition) is 2. The molecule has 0 saturated carbocycles. The van der Waals surface area contributed by atoms with E-state index in [0.717, 1.165) is 6.07 Å². The Morgan fingerprint density at radius 3 is 2.33 bits per heavy atom. The molecule has 0 unspecified atom stereocenters. The largest absolute Gasteiger partial charge is 0.390 e. The van der Waals surface area contributed by atoms with Gasteiger partial charge in [0, 0.05) is 18.7 Å². The molecule has 0 saturated heterocycles. The fourth-order valence-corrected chi connectivity index (χ4v) is 2.66. The van der Waals surface area contributed by atoms with Crippen molar-refractivity contribution in [2.75, 3.05) is 13.6 Å². The lowest BCUT2D eigenvalue weighted by atomic mass is 10.2. The van der Waals surface area contributed by atoms with Gasteiger partial charge in [-0.1, -0.05) is 0 Å². The Morgan fingerprint density at radius 2 is 1.81 bits per heavy atom. The number of sulfonamides is 1. The number of halogens is 5. The number of alkyl halides is 3. The molecule has 0 aliphatic carbocycles. The van der Waals surface area contributed by atoms with Crippen molar-refractivity contribution in [3.63, 3.8) is 0 Å². The van der Waals surface area contributed by atoms with Crippen molar-refractivity contribution in [2.45, 2.75) is 24.0 Å². The van der Waals surface area contributed by atoms with Crippen LogP contribution >= 0.6 is 0 Å². The van der Waals surface area contributed by atoms with Crippen LogP contribution in [0.3, 0.4) is 0 Å². The third kappa shape index (κ3) is 4.90. The zero-order valence-electron chi connectivity index (χ0n) is 10.9. The van der Waals surface area contributed by atoms with E-state index in [4.69, 9.17) is 0 Å². The van der Waals surface area contributed by atoms with E-state index in [9.17, 15) is 30.4 Å². The minimum absolute atomic E-state index is 0.260. The lowest BCUT2D eigenvalue weighted by molar-refractivity contribution is -0.132. The maximum Gasteiger partial charge on any atom is 0.390 e. The lowest BCUT2D eigenvalue weighted by Crippen LogP contribution is -2.29. The van der Waals surface area contributed by atoms with Crippen LogP contribution < -0.4 is 10.0 Å². The highest BCUT2D eigenvalue weighted by atomic mass is 32.2. The van der Waals surface area contributed by atoms with E-state index in [-0.39, 0.29) is 6.54 Å². The first-order chi connectivity index (χ1) is 9.58. The quantitative estimate of drug-likeness (QED) is 0.783.